The van der Waals surface area contributed by atoms with Crippen molar-refractivity contribution in [2.75, 3.05) is 24.6 Å². The van der Waals surface area contributed by atoms with Gasteiger partial charge in [0.15, 0.2) is 5.69 Å². The number of rotatable bonds is 5. The van der Waals surface area contributed by atoms with Gasteiger partial charge in [-0.25, -0.2) is 4.79 Å². The van der Waals surface area contributed by atoms with Crippen molar-refractivity contribution in [1.82, 2.24) is 15.4 Å². The zero-order valence-electron chi connectivity index (χ0n) is 13.9. The lowest BCUT2D eigenvalue weighted by molar-refractivity contribution is -0.142. The fraction of sp³-hybridized carbons (Fsp3) is 0.412. The Kier molecular flexibility index (Phi) is 4.97. The van der Waals surface area contributed by atoms with E-state index < -0.39 is 11.9 Å². The maximum absolute atomic E-state index is 11.9. The Labute approximate surface area is 144 Å². The average molecular weight is 344 g/mol. The van der Waals surface area contributed by atoms with Crippen LogP contribution < -0.4 is 4.90 Å². The molecule has 8 heteroatoms. The highest BCUT2D eigenvalue weighted by atomic mass is 16.5. The third kappa shape index (κ3) is 3.62. The van der Waals surface area contributed by atoms with E-state index in [2.05, 4.69) is 20.3 Å². The van der Waals surface area contributed by atoms with Gasteiger partial charge in [0.25, 0.3) is 0 Å². The van der Waals surface area contributed by atoms with Crippen LogP contribution in [-0.2, 0) is 9.53 Å². The van der Waals surface area contributed by atoms with Gasteiger partial charge in [-0.2, -0.15) is 10.3 Å². The Morgan fingerprint density at radius 3 is 2.52 bits per heavy atom. The minimum atomic E-state index is -0.715. The summed E-state index contributed by atoms with van der Waals surface area (Å²) in [5.74, 6) is -1.48. The summed E-state index contributed by atoms with van der Waals surface area (Å²) in [6.45, 7) is 3.44. The number of aromatic nitrogens is 3. The molecule has 0 unspecified atom stereocenters. The van der Waals surface area contributed by atoms with Crippen LogP contribution in [0.25, 0.3) is 11.3 Å². The van der Waals surface area contributed by atoms with Crippen LogP contribution in [0, 0.1) is 5.92 Å². The first-order valence-electron chi connectivity index (χ1n) is 8.26. The molecule has 0 atom stereocenters. The minimum Gasteiger partial charge on any atom is -0.481 e. The number of carbonyl (C=O) groups excluding carboxylic acids is 1. The summed E-state index contributed by atoms with van der Waals surface area (Å²) in [4.78, 5) is 25.1. The molecule has 1 aromatic heterocycles. The quantitative estimate of drug-likeness (QED) is 0.798. The number of hydrogen-bond acceptors (Lipinski definition) is 6. The van der Waals surface area contributed by atoms with Crippen molar-refractivity contribution in [2.24, 2.45) is 5.92 Å². The van der Waals surface area contributed by atoms with E-state index in [4.69, 9.17) is 9.84 Å². The number of benzene rings is 1. The largest absolute Gasteiger partial charge is 0.481 e. The van der Waals surface area contributed by atoms with E-state index in [9.17, 15) is 9.59 Å². The van der Waals surface area contributed by atoms with Gasteiger partial charge >= 0.3 is 11.9 Å². The van der Waals surface area contributed by atoms with Gasteiger partial charge in [-0.05, 0) is 31.9 Å². The van der Waals surface area contributed by atoms with E-state index in [1.54, 1.807) is 6.92 Å². The maximum atomic E-state index is 11.9. The van der Waals surface area contributed by atoms with Crippen LogP contribution in [0.15, 0.2) is 24.3 Å². The molecular formula is C17H20N4O4. The summed E-state index contributed by atoms with van der Waals surface area (Å²) in [5, 5.41) is 19.5. The van der Waals surface area contributed by atoms with E-state index in [0.717, 1.165) is 11.3 Å². The fourth-order valence-electron chi connectivity index (χ4n) is 2.99. The molecule has 0 amide bonds. The van der Waals surface area contributed by atoms with E-state index in [1.807, 2.05) is 24.3 Å². The van der Waals surface area contributed by atoms with Gasteiger partial charge in [-0.15, -0.1) is 5.10 Å². The summed E-state index contributed by atoms with van der Waals surface area (Å²) in [5.41, 5.74) is 2.40. The van der Waals surface area contributed by atoms with E-state index in [0.29, 0.717) is 31.6 Å². The smallest absolute Gasteiger partial charge is 0.361 e. The third-order valence-electron chi connectivity index (χ3n) is 4.37. The lowest BCUT2D eigenvalue weighted by Gasteiger charge is -2.32. The molecule has 0 aliphatic carbocycles. The van der Waals surface area contributed by atoms with Crippen molar-refractivity contribution < 1.29 is 19.4 Å². The van der Waals surface area contributed by atoms with Crippen molar-refractivity contribution in [3.8, 4) is 11.3 Å². The molecule has 3 rings (SSSR count). The zero-order chi connectivity index (χ0) is 17.8. The number of carboxylic acid groups (broad SMARTS) is 1. The summed E-state index contributed by atoms with van der Waals surface area (Å²) in [6.07, 6.45) is 1.29. The van der Waals surface area contributed by atoms with Crippen molar-refractivity contribution in [3.63, 3.8) is 0 Å². The topological polar surface area (TPSA) is 108 Å². The molecule has 1 aliphatic rings. The molecule has 132 valence electrons. The zero-order valence-corrected chi connectivity index (χ0v) is 13.9. The summed E-state index contributed by atoms with van der Waals surface area (Å²) < 4.78 is 4.98. The molecule has 1 aliphatic heterocycles. The molecule has 2 aromatic rings. The molecular weight excluding hydrogens is 324 g/mol. The predicted octanol–water partition coefficient (Wildman–Crippen LogP) is 1.95. The molecule has 0 spiro atoms. The number of nitrogens with one attached hydrogen (secondary N) is 1. The Morgan fingerprint density at radius 1 is 1.24 bits per heavy atom. The number of ether oxygens (including phenoxy) is 1. The lowest BCUT2D eigenvalue weighted by atomic mass is 9.96. The molecule has 0 bridgehead atoms. The lowest BCUT2D eigenvalue weighted by Crippen LogP contribution is -2.36. The Morgan fingerprint density at radius 2 is 1.92 bits per heavy atom. The Hall–Kier alpha value is -2.90. The molecule has 0 saturated carbocycles. The normalized spacial score (nSPS) is 15.2. The van der Waals surface area contributed by atoms with Crippen molar-refractivity contribution >= 4 is 17.6 Å². The summed E-state index contributed by atoms with van der Waals surface area (Å²) in [6, 6.07) is 7.64. The fourth-order valence-corrected chi connectivity index (χ4v) is 2.99. The van der Waals surface area contributed by atoms with Crippen LogP contribution in [0.5, 0.6) is 0 Å². The molecule has 1 saturated heterocycles. The number of carbonyl (C=O) groups is 2. The molecule has 0 radical (unpaired) electrons. The highest BCUT2D eigenvalue weighted by Gasteiger charge is 2.25. The van der Waals surface area contributed by atoms with Crippen LogP contribution in [0.4, 0.5) is 5.69 Å². The van der Waals surface area contributed by atoms with E-state index in [1.165, 1.54) is 0 Å². The number of aliphatic carboxylic acids is 1. The number of piperidine rings is 1. The van der Waals surface area contributed by atoms with Crippen LogP contribution >= 0.6 is 0 Å². The van der Waals surface area contributed by atoms with Gasteiger partial charge in [-0.1, -0.05) is 12.1 Å². The second-order valence-corrected chi connectivity index (χ2v) is 5.89. The minimum absolute atomic E-state index is 0.164. The molecule has 8 nitrogen and oxygen atoms in total. The predicted molar refractivity (Wildman–Crippen MR) is 90.3 cm³/mol. The standard InChI is InChI=1S/C17H20N4O4/c1-2-25-17(24)15-14(18-20-19-15)11-3-5-13(6-4-11)21-9-7-12(8-10-21)16(22)23/h3-6,12H,2,7-10H2,1H3,(H,22,23)(H,18,19,20). The van der Waals surface area contributed by atoms with Crippen molar-refractivity contribution in [1.29, 1.82) is 0 Å². The number of nitrogens with zero attached hydrogens (tertiary/aromatic N) is 3. The second-order valence-electron chi connectivity index (χ2n) is 5.89. The first-order valence-corrected chi connectivity index (χ1v) is 8.26. The number of aromatic amines is 1. The Bertz CT molecular complexity index is 748. The molecule has 2 N–H and O–H groups in total. The van der Waals surface area contributed by atoms with Crippen LogP contribution in [0.3, 0.4) is 0 Å². The summed E-state index contributed by atoms with van der Waals surface area (Å²) >= 11 is 0. The molecule has 1 fully saturated rings. The highest BCUT2D eigenvalue weighted by molar-refractivity contribution is 5.94. The number of carboxylic acids is 1. The SMILES string of the molecule is CCOC(=O)c1n[nH]nc1-c1ccc(N2CCC(C(=O)O)CC2)cc1. The molecule has 1 aromatic carbocycles. The number of esters is 1. The first kappa shape index (κ1) is 16.9. The highest BCUT2D eigenvalue weighted by Crippen LogP contribution is 2.27. The molecule has 2 heterocycles. The maximum Gasteiger partial charge on any atom is 0.361 e. The van der Waals surface area contributed by atoms with Crippen molar-refractivity contribution in [3.05, 3.63) is 30.0 Å². The van der Waals surface area contributed by atoms with Crippen molar-refractivity contribution in [2.45, 2.75) is 19.8 Å². The summed E-state index contributed by atoms with van der Waals surface area (Å²) in [7, 11) is 0. The molecule has 25 heavy (non-hydrogen) atoms. The second kappa shape index (κ2) is 7.33. The van der Waals surface area contributed by atoms with Crippen LogP contribution in [0.2, 0.25) is 0 Å². The number of hydrogen-bond donors (Lipinski definition) is 2. The van der Waals surface area contributed by atoms with E-state index >= 15 is 0 Å². The van der Waals surface area contributed by atoms with Gasteiger partial charge in [0.05, 0.1) is 12.5 Å². The van der Waals surface area contributed by atoms with Crippen LogP contribution in [0.1, 0.15) is 30.3 Å². The monoisotopic (exact) mass is 344 g/mol. The van der Waals surface area contributed by atoms with Gasteiger partial charge in [-0.3, -0.25) is 4.79 Å². The van der Waals surface area contributed by atoms with Gasteiger partial charge < -0.3 is 14.7 Å². The van der Waals surface area contributed by atoms with Gasteiger partial charge in [0, 0.05) is 24.3 Å². The van der Waals surface area contributed by atoms with Crippen LogP contribution in [-0.4, -0.2) is 52.2 Å². The average Bonchev–Trinajstić information content (AvgIpc) is 3.12. The third-order valence-corrected chi connectivity index (χ3v) is 4.37. The van der Waals surface area contributed by atoms with Gasteiger partial charge in [0.2, 0.25) is 0 Å². The first-order chi connectivity index (χ1) is 12.1. The number of H-pyrrole nitrogens is 1. The Balaban J connectivity index is 1.72. The van der Waals surface area contributed by atoms with E-state index in [-0.39, 0.29) is 18.2 Å². The van der Waals surface area contributed by atoms with Gasteiger partial charge in [0.1, 0.15) is 5.69 Å². The number of anilines is 1.